The Balaban J connectivity index is 0.00000162. The molecule has 0 bridgehead atoms. The molecule has 0 spiro atoms. The number of halogens is 1. The van der Waals surface area contributed by atoms with Gasteiger partial charge in [0, 0.05) is 0 Å². The van der Waals surface area contributed by atoms with Gasteiger partial charge in [-0.2, -0.15) is 0 Å². The summed E-state index contributed by atoms with van der Waals surface area (Å²) in [6.07, 6.45) is -3.02. The maximum atomic E-state index is 9.70. The first-order valence-corrected chi connectivity index (χ1v) is 4.92. The van der Waals surface area contributed by atoms with Gasteiger partial charge < -0.3 is 38.2 Å². The van der Waals surface area contributed by atoms with E-state index in [2.05, 4.69) is 10.1 Å². The Morgan fingerprint density at radius 3 is 2.67 bits per heavy atom. The molecule has 2 rings (SSSR count). The summed E-state index contributed by atoms with van der Waals surface area (Å²) in [6, 6.07) is 0. The van der Waals surface area contributed by atoms with Gasteiger partial charge in [0.15, 0.2) is 12.1 Å². The monoisotopic (exact) mass is 279 g/mol. The summed E-state index contributed by atoms with van der Waals surface area (Å²) in [5, 5.41) is 39.1. The second-order valence-corrected chi connectivity index (χ2v) is 3.69. The predicted octanol–water partition coefficient (Wildman–Crippen LogP) is -5.71. The number of nitrogen functional groups attached to an aromatic ring is 1. The number of aliphatic hydroxyl groups is 3. The minimum Gasteiger partial charge on any atom is -1.00 e. The molecule has 0 radical (unpaired) electrons. The molecule has 10 heteroatoms. The van der Waals surface area contributed by atoms with Crippen LogP contribution in [0.25, 0.3) is 0 Å². The summed E-state index contributed by atoms with van der Waals surface area (Å²) in [5.74, 6) is -0.307. The van der Waals surface area contributed by atoms with Crippen LogP contribution in [0.5, 0.6) is 0 Å². The highest BCUT2D eigenvalue weighted by atomic mass is 35.5. The van der Waals surface area contributed by atoms with Crippen molar-refractivity contribution in [3.8, 4) is 0 Å². The van der Waals surface area contributed by atoms with Crippen LogP contribution in [-0.2, 0) is 4.74 Å². The molecule has 1 unspecified atom stereocenters. The molecule has 18 heavy (non-hydrogen) atoms. The molecule has 0 saturated carbocycles. The standard InChI is InChI=1S/C8H13N5O4.ClH/c9-6(10)7-11-2-13(12-7)8-5(16)4(15)3(1-14)17-8;/h2-5,8,14-16H,1H2,(H3,9,10);1H/t3-,4-,5-,8?;/m1./s1. The van der Waals surface area contributed by atoms with Crippen LogP contribution in [0.3, 0.4) is 0 Å². The topological polar surface area (TPSA) is 150 Å². The number of hydrogen-bond acceptors (Lipinski definition) is 7. The number of nitrogens with two attached hydrogens (primary N) is 1. The fourth-order valence-corrected chi connectivity index (χ4v) is 1.62. The fourth-order valence-electron chi connectivity index (χ4n) is 1.62. The molecule has 4 atom stereocenters. The number of amidine groups is 1. The highest BCUT2D eigenvalue weighted by Gasteiger charge is 2.43. The average molecular weight is 280 g/mol. The number of nitrogens with one attached hydrogen (secondary N) is 1. The van der Waals surface area contributed by atoms with Crippen molar-refractivity contribution in [1.82, 2.24) is 14.8 Å². The van der Waals surface area contributed by atoms with E-state index in [0.29, 0.717) is 0 Å². The average Bonchev–Trinajstić information content (AvgIpc) is 2.87. The van der Waals surface area contributed by atoms with E-state index >= 15 is 0 Å². The minimum absolute atomic E-state index is 0. The van der Waals surface area contributed by atoms with Crippen LogP contribution >= 0.6 is 0 Å². The molecule has 9 nitrogen and oxygen atoms in total. The second-order valence-electron chi connectivity index (χ2n) is 3.69. The fraction of sp³-hybridized carbons (Fsp3) is 0.625. The van der Waals surface area contributed by atoms with E-state index in [1.54, 1.807) is 0 Å². The van der Waals surface area contributed by atoms with E-state index in [1.807, 2.05) is 0 Å². The molecule has 1 aliphatic heterocycles. The van der Waals surface area contributed by atoms with Crippen LogP contribution in [-0.4, -0.2) is 60.8 Å². The van der Waals surface area contributed by atoms with Crippen LogP contribution in [0.2, 0.25) is 0 Å². The van der Waals surface area contributed by atoms with Crippen LogP contribution in [0.4, 0.5) is 0 Å². The molecule has 0 aromatic carbocycles. The van der Waals surface area contributed by atoms with Gasteiger partial charge in [0.1, 0.15) is 24.6 Å². The van der Waals surface area contributed by atoms with Crippen molar-refractivity contribution in [2.75, 3.05) is 6.61 Å². The number of aromatic nitrogens is 3. The van der Waals surface area contributed by atoms with E-state index in [0.717, 1.165) is 4.68 Å². The van der Waals surface area contributed by atoms with Crippen LogP contribution in [0, 0.1) is 5.41 Å². The molecular formula is C8H14ClN5O4. The lowest BCUT2D eigenvalue weighted by atomic mass is 10.1. The van der Waals surface area contributed by atoms with Gasteiger partial charge in [0.25, 0.3) is 0 Å². The first-order chi connectivity index (χ1) is 8.04. The summed E-state index contributed by atoms with van der Waals surface area (Å²) >= 11 is 0. The maximum Gasteiger partial charge on any atom is 1.00 e. The third-order valence-corrected chi connectivity index (χ3v) is 2.53. The molecule has 1 aromatic rings. The van der Waals surface area contributed by atoms with Gasteiger partial charge in [0.05, 0.1) is 6.61 Å². The Kier molecular flexibility index (Phi) is 4.59. The lowest BCUT2D eigenvalue weighted by molar-refractivity contribution is -0.0588. The van der Waals surface area contributed by atoms with Gasteiger partial charge in [0.2, 0.25) is 5.82 Å². The van der Waals surface area contributed by atoms with Crippen molar-refractivity contribution in [1.29, 1.82) is 5.41 Å². The van der Waals surface area contributed by atoms with E-state index in [9.17, 15) is 10.2 Å². The van der Waals surface area contributed by atoms with Crippen molar-refractivity contribution in [2.45, 2.75) is 24.5 Å². The normalized spacial score (nSPS) is 31.1. The third kappa shape index (κ3) is 2.44. The second kappa shape index (κ2) is 5.59. The lowest BCUT2D eigenvalue weighted by Gasteiger charge is -2.13. The Morgan fingerprint density at radius 1 is 1.56 bits per heavy atom. The molecule has 1 fully saturated rings. The highest BCUT2D eigenvalue weighted by Crippen LogP contribution is 2.28. The Hall–Kier alpha value is -1.26. The van der Waals surface area contributed by atoms with Crippen molar-refractivity contribution in [2.24, 2.45) is 5.73 Å². The predicted molar refractivity (Wildman–Crippen MR) is 55.2 cm³/mol. The van der Waals surface area contributed by atoms with Gasteiger partial charge in [-0.05, 0) is 0 Å². The van der Waals surface area contributed by atoms with Crippen LogP contribution in [0.15, 0.2) is 6.33 Å². The minimum atomic E-state index is -1.23. The summed E-state index contributed by atoms with van der Waals surface area (Å²) in [5.41, 5.74) is 5.19. The number of nitrogens with zero attached hydrogens (tertiary/aromatic N) is 3. The number of hydrogen-bond donors (Lipinski definition) is 5. The summed E-state index contributed by atoms with van der Waals surface area (Å²) in [6.45, 7) is -0.414. The van der Waals surface area contributed by atoms with E-state index in [1.165, 1.54) is 6.33 Å². The van der Waals surface area contributed by atoms with Gasteiger partial charge in [-0.1, -0.05) is 0 Å². The maximum absolute atomic E-state index is 9.70. The number of ether oxygens (including phenoxy) is 1. The Bertz CT molecular complexity index is 433. The van der Waals surface area contributed by atoms with Crippen molar-refractivity contribution in [3.05, 3.63) is 12.2 Å². The largest absolute Gasteiger partial charge is 1.00 e. The van der Waals surface area contributed by atoms with Gasteiger partial charge >= 0.3 is 1.43 Å². The first kappa shape index (κ1) is 14.8. The summed E-state index contributed by atoms with van der Waals surface area (Å²) < 4.78 is 6.37. The van der Waals surface area contributed by atoms with Gasteiger partial charge in [-0.25, -0.2) is 9.67 Å². The zero-order valence-electron chi connectivity index (χ0n) is 10.1. The smallest absolute Gasteiger partial charge is 1.00 e. The summed E-state index contributed by atoms with van der Waals surface area (Å²) in [7, 11) is 0. The van der Waals surface area contributed by atoms with Crippen molar-refractivity contribution >= 4 is 5.84 Å². The SMILES string of the molecule is N=C(N)c1ncn(C2O[C@H](CO)[C@@H](O)[C@H]2O)n1.[Cl-].[H+]. The van der Waals surface area contributed by atoms with Crippen molar-refractivity contribution < 1.29 is 33.9 Å². The van der Waals surface area contributed by atoms with E-state index in [-0.39, 0.29) is 25.5 Å². The Labute approximate surface area is 110 Å². The van der Waals surface area contributed by atoms with E-state index < -0.39 is 31.1 Å². The van der Waals surface area contributed by atoms with E-state index in [4.69, 9.17) is 21.0 Å². The van der Waals surface area contributed by atoms with Crippen LogP contribution < -0.4 is 18.1 Å². The zero-order valence-corrected chi connectivity index (χ0v) is 9.90. The Morgan fingerprint density at radius 2 is 2.22 bits per heavy atom. The number of rotatable bonds is 3. The lowest BCUT2D eigenvalue weighted by Crippen LogP contribution is -3.00. The third-order valence-electron chi connectivity index (χ3n) is 2.53. The molecule has 1 saturated heterocycles. The molecule has 6 N–H and O–H groups in total. The molecular weight excluding hydrogens is 266 g/mol. The van der Waals surface area contributed by atoms with Crippen molar-refractivity contribution in [3.63, 3.8) is 0 Å². The van der Waals surface area contributed by atoms with Crippen LogP contribution in [0.1, 0.15) is 13.5 Å². The van der Waals surface area contributed by atoms with Gasteiger partial charge in [-0.3, -0.25) is 5.41 Å². The molecule has 0 amide bonds. The molecule has 2 heterocycles. The highest BCUT2D eigenvalue weighted by molar-refractivity contribution is 5.90. The quantitative estimate of drug-likeness (QED) is 0.273. The molecule has 0 aliphatic carbocycles. The van der Waals surface area contributed by atoms with Gasteiger partial charge in [-0.15, -0.1) is 5.10 Å². The molecule has 1 aliphatic rings. The zero-order chi connectivity index (χ0) is 12.6. The summed E-state index contributed by atoms with van der Waals surface area (Å²) in [4.78, 5) is 3.74. The first-order valence-electron chi connectivity index (χ1n) is 4.92. The molecule has 1 aromatic heterocycles. The number of aliphatic hydroxyl groups excluding tert-OH is 3. The molecule has 102 valence electrons.